The van der Waals surface area contributed by atoms with Crippen LogP contribution in [-0.4, -0.2) is 92.3 Å². The number of hydrogen-bond donors (Lipinski definition) is 0. The Labute approximate surface area is 354 Å². The number of likely N-dealkylation sites (N-methyl/N-ethyl adjacent to an activating group) is 2. The number of benzene rings is 4. The van der Waals surface area contributed by atoms with Crippen molar-refractivity contribution in [2.24, 2.45) is 0 Å². The number of nitrogens with zero attached hydrogens (tertiary/aromatic N) is 2. The smallest absolute Gasteiger partial charge is 0.284 e. The maximum absolute atomic E-state index is 7.04. The Bertz CT molecular complexity index is 2210. The zero-order valence-corrected chi connectivity index (χ0v) is 36.2. The van der Waals surface area contributed by atoms with E-state index in [0.29, 0.717) is 60.7 Å². The van der Waals surface area contributed by atoms with Crippen molar-refractivity contribution < 1.29 is 42.6 Å². The van der Waals surface area contributed by atoms with Crippen LogP contribution in [-0.2, 0) is 41.8 Å². The van der Waals surface area contributed by atoms with Crippen molar-refractivity contribution >= 4 is 0 Å². The zero-order valence-electron chi connectivity index (χ0n) is 36.2. The Balaban J connectivity index is 1.37. The van der Waals surface area contributed by atoms with E-state index in [1.165, 1.54) is 5.56 Å². The molecule has 4 heterocycles. The fraction of sp³-hybridized carbons (Fsp3) is 0.388. The van der Waals surface area contributed by atoms with Crippen molar-refractivity contribution in [2.75, 3.05) is 76.5 Å². The molecule has 60 heavy (non-hydrogen) atoms. The molecule has 11 heteroatoms. The van der Waals surface area contributed by atoms with Gasteiger partial charge >= 0.3 is 0 Å². The molecule has 0 aliphatic carbocycles. The number of rotatable bonds is 12. The van der Waals surface area contributed by atoms with Crippen LogP contribution in [0.3, 0.4) is 0 Å². The lowest BCUT2D eigenvalue weighted by Crippen LogP contribution is -2.39. The minimum absolute atomic E-state index is 0.0322. The molecule has 4 aromatic rings. The van der Waals surface area contributed by atoms with Crippen molar-refractivity contribution in [1.29, 1.82) is 0 Å². The van der Waals surface area contributed by atoms with E-state index >= 15 is 0 Å². The standard InChI is InChI=1S/C49H58N2O9/c1-10-34-17-20-50(2)41-25-31-11-14-35(15-12-31)59-44-27-32(13-16-43(44)54-6)26-42-46-38(18-21-51(42)3)40(30-58-22-19-33-23-36(52-4)28-37(24-33)53-5)47(56-8)49(57-9)48(46)60-45(55-7)29-39(34)41/h10-16,23-24,27-29,41-42H,1,17-22,25-26,30H2,2-9H3/b45-29+/t41-,42-/m0/s1. The lowest BCUT2D eigenvalue weighted by Gasteiger charge is -2.38. The van der Waals surface area contributed by atoms with Crippen molar-refractivity contribution in [3.05, 3.63) is 130 Å². The highest BCUT2D eigenvalue weighted by Crippen LogP contribution is 2.52. The normalized spacial score (nSPS) is 19.0. The van der Waals surface area contributed by atoms with Crippen LogP contribution < -0.4 is 33.2 Å². The second-order valence-corrected chi connectivity index (χ2v) is 15.4. The van der Waals surface area contributed by atoms with Gasteiger partial charge < -0.3 is 42.6 Å². The highest BCUT2D eigenvalue weighted by molar-refractivity contribution is 5.66. The third-order valence-electron chi connectivity index (χ3n) is 12.0. The average Bonchev–Trinajstić information content (AvgIpc) is 3.27. The topological polar surface area (TPSA) is 89.6 Å². The van der Waals surface area contributed by atoms with E-state index in [9.17, 15) is 0 Å². The van der Waals surface area contributed by atoms with Crippen molar-refractivity contribution in [2.45, 2.75) is 50.8 Å². The van der Waals surface area contributed by atoms with E-state index in [1.54, 1.807) is 42.7 Å². The number of methoxy groups -OCH3 is 6. The fourth-order valence-corrected chi connectivity index (χ4v) is 8.67. The Morgan fingerprint density at radius 2 is 1.40 bits per heavy atom. The van der Waals surface area contributed by atoms with Gasteiger partial charge in [0.2, 0.25) is 5.75 Å². The molecule has 8 rings (SSSR count). The zero-order chi connectivity index (χ0) is 42.3. The van der Waals surface area contributed by atoms with Crippen molar-refractivity contribution in [3.63, 3.8) is 0 Å². The first-order chi connectivity index (χ1) is 29.2. The first kappa shape index (κ1) is 42.5. The third kappa shape index (κ3) is 8.94. The Morgan fingerprint density at radius 1 is 0.717 bits per heavy atom. The van der Waals surface area contributed by atoms with Gasteiger partial charge in [-0.3, -0.25) is 9.80 Å². The van der Waals surface area contributed by atoms with Gasteiger partial charge in [0.05, 0.1) is 55.9 Å². The second-order valence-electron chi connectivity index (χ2n) is 15.4. The maximum atomic E-state index is 7.04. The molecule has 0 amide bonds. The Kier molecular flexibility index (Phi) is 13.6. The van der Waals surface area contributed by atoms with E-state index < -0.39 is 0 Å². The molecule has 4 aliphatic heterocycles. The van der Waals surface area contributed by atoms with Gasteiger partial charge in [0.15, 0.2) is 23.0 Å². The SMILES string of the molecule is C=CC1=C2/C=C(\OC)Oc3c(OC)c(OC)c(COCCc4cc(OC)cc(OC)c4)c4c3[C@H](Cc3ccc(OC)c(c3)Oc3ccc(cc3)C[C@@H]2N(C)CC1)N(C)CC4. The minimum atomic E-state index is -0.138. The molecule has 0 fully saturated rings. The van der Waals surface area contributed by atoms with Crippen LogP contribution in [0.2, 0.25) is 0 Å². The fourth-order valence-electron chi connectivity index (χ4n) is 8.67. The highest BCUT2D eigenvalue weighted by Gasteiger charge is 2.37. The van der Waals surface area contributed by atoms with E-state index in [4.69, 9.17) is 42.6 Å². The van der Waals surface area contributed by atoms with Crippen LogP contribution in [0.15, 0.2) is 96.5 Å². The summed E-state index contributed by atoms with van der Waals surface area (Å²) in [5.74, 6) is 5.43. The molecule has 318 valence electrons. The van der Waals surface area contributed by atoms with Gasteiger partial charge in [0.25, 0.3) is 5.95 Å². The van der Waals surface area contributed by atoms with Crippen molar-refractivity contribution in [1.82, 2.24) is 9.80 Å². The number of hydrogen-bond acceptors (Lipinski definition) is 11. The lowest BCUT2D eigenvalue weighted by atomic mass is 9.84. The molecule has 4 aromatic carbocycles. The third-order valence-corrected chi connectivity index (χ3v) is 12.0. The first-order valence-corrected chi connectivity index (χ1v) is 20.4. The van der Waals surface area contributed by atoms with E-state index in [1.807, 2.05) is 48.6 Å². The van der Waals surface area contributed by atoms with Crippen molar-refractivity contribution in [3.8, 4) is 46.0 Å². The monoisotopic (exact) mass is 818 g/mol. The summed E-state index contributed by atoms with van der Waals surface area (Å²) >= 11 is 0. The van der Waals surface area contributed by atoms with Gasteiger partial charge in [-0.2, -0.15) is 0 Å². The summed E-state index contributed by atoms with van der Waals surface area (Å²) in [6, 6.07) is 20.2. The summed E-state index contributed by atoms with van der Waals surface area (Å²) in [7, 11) is 14.2. The molecule has 4 aliphatic rings. The molecule has 4 bridgehead atoms. The van der Waals surface area contributed by atoms with Gasteiger partial charge in [0, 0.05) is 48.4 Å². The first-order valence-electron chi connectivity index (χ1n) is 20.4. The minimum Gasteiger partial charge on any atom is -0.497 e. The predicted molar refractivity (Wildman–Crippen MR) is 232 cm³/mol. The number of fused-ring (bicyclic) bond motifs is 3. The molecule has 2 atom stereocenters. The molecule has 0 saturated carbocycles. The molecule has 0 aromatic heterocycles. The van der Waals surface area contributed by atoms with Crippen LogP contribution in [0.4, 0.5) is 0 Å². The molecular weight excluding hydrogens is 761 g/mol. The average molecular weight is 819 g/mol. The van der Waals surface area contributed by atoms with Gasteiger partial charge in [-0.25, -0.2) is 0 Å². The van der Waals surface area contributed by atoms with E-state index in [-0.39, 0.29) is 12.1 Å². The highest BCUT2D eigenvalue weighted by atomic mass is 16.7. The van der Waals surface area contributed by atoms with Gasteiger partial charge in [0.1, 0.15) is 17.2 Å². The summed E-state index contributed by atoms with van der Waals surface area (Å²) in [6.45, 7) is 6.67. The number of allylic oxidation sites excluding steroid dienone is 1. The second kappa shape index (κ2) is 19.2. The van der Waals surface area contributed by atoms with Crippen LogP contribution in [0.25, 0.3) is 0 Å². The summed E-state index contributed by atoms with van der Waals surface area (Å²) in [5.41, 5.74) is 8.55. The maximum Gasteiger partial charge on any atom is 0.284 e. The van der Waals surface area contributed by atoms with Crippen LogP contribution in [0, 0.1) is 0 Å². The van der Waals surface area contributed by atoms with Crippen LogP contribution in [0.5, 0.6) is 46.0 Å². The Morgan fingerprint density at radius 3 is 2.07 bits per heavy atom. The van der Waals surface area contributed by atoms with Gasteiger partial charge in [-0.1, -0.05) is 30.9 Å². The van der Waals surface area contributed by atoms with Crippen LogP contribution >= 0.6 is 0 Å². The Hall–Kier alpha value is -5.62. The summed E-state index contributed by atoms with van der Waals surface area (Å²) < 4.78 is 55.5. The molecule has 0 spiro atoms. The van der Waals surface area contributed by atoms with Gasteiger partial charge in [-0.05, 0) is 116 Å². The predicted octanol–water partition coefficient (Wildman–Crippen LogP) is 8.66. The van der Waals surface area contributed by atoms with E-state index in [0.717, 1.165) is 88.6 Å². The summed E-state index contributed by atoms with van der Waals surface area (Å²) in [5, 5.41) is 0. The lowest BCUT2D eigenvalue weighted by molar-refractivity contribution is 0.118. The van der Waals surface area contributed by atoms with Crippen LogP contribution in [0.1, 0.15) is 45.8 Å². The molecule has 11 nitrogen and oxygen atoms in total. The molecular formula is C49H58N2O9. The van der Waals surface area contributed by atoms with E-state index in [2.05, 4.69) is 54.7 Å². The quantitative estimate of drug-likeness (QED) is 0.129. The summed E-state index contributed by atoms with van der Waals surface area (Å²) in [6.07, 6.45) is 7.63. The largest absolute Gasteiger partial charge is 0.497 e. The molecule has 0 saturated heterocycles. The number of ether oxygens (including phenoxy) is 9. The molecule has 0 radical (unpaired) electrons. The molecule has 0 N–H and O–H groups in total. The molecule has 0 unspecified atom stereocenters. The summed E-state index contributed by atoms with van der Waals surface area (Å²) in [4.78, 5) is 4.74. The van der Waals surface area contributed by atoms with Gasteiger partial charge in [-0.15, -0.1) is 0 Å².